The Labute approximate surface area is 113 Å². The predicted molar refractivity (Wildman–Crippen MR) is 81.8 cm³/mol. The quantitative estimate of drug-likeness (QED) is 0.737. The third-order valence-electron chi connectivity index (χ3n) is 3.09. The fourth-order valence-electron chi connectivity index (χ4n) is 2.18. The highest BCUT2D eigenvalue weighted by Gasteiger charge is 2.08. The third kappa shape index (κ3) is 2.50. The summed E-state index contributed by atoms with van der Waals surface area (Å²) in [6.07, 6.45) is 12.3. The summed E-state index contributed by atoms with van der Waals surface area (Å²) in [5, 5.41) is 0. The molecule has 1 heteroatoms. The Balaban J connectivity index is 2.08. The maximum absolute atomic E-state index is 2.16. The van der Waals surface area contributed by atoms with Gasteiger partial charge in [0.25, 0.3) is 0 Å². The van der Waals surface area contributed by atoms with Gasteiger partial charge in [-0.15, -0.1) is 0 Å². The van der Waals surface area contributed by atoms with Crippen molar-refractivity contribution in [3.63, 3.8) is 0 Å². The van der Waals surface area contributed by atoms with Crippen molar-refractivity contribution in [2.24, 2.45) is 0 Å². The molecule has 0 saturated carbocycles. The molecule has 1 nitrogen and oxygen atoms in total. The number of nitrogens with zero attached hydrogens (tertiary/aromatic N) is 1. The van der Waals surface area contributed by atoms with Crippen molar-refractivity contribution in [3.05, 3.63) is 91.3 Å². The number of allylic oxidation sites excluding steroid dienone is 4. The first-order chi connectivity index (χ1) is 9.45. The van der Waals surface area contributed by atoms with E-state index in [1.165, 1.54) is 16.8 Å². The molecule has 1 aliphatic rings. The van der Waals surface area contributed by atoms with Crippen LogP contribution in [0.5, 0.6) is 0 Å². The summed E-state index contributed by atoms with van der Waals surface area (Å²) in [7, 11) is 0. The van der Waals surface area contributed by atoms with Crippen molar-refractivity contribution in [3.8, 4) is 11.1 Å². The Bertz CT molecular complexity index is 620. The Kier molecular flexibility index (Phi) is 3.28. The lowest BCUT2D eigenvalue weighted by atomic mass is 10.0. The molecule has 0 radical (unpaired) electrons. The van der Waals surface area contributed by atoms with Gasteiger partial charge in [0.05, 0.1) is 5.69 Å². The van der Waals surface area contributed by atoms with Gasteiger partial charge in [-0.2, -0.15) is 0 Å². The molecule has 0 aromatic heterocycles. The monoisotopic (exact) mass is 245 g/mol. The van der Waals surface area contributed by atoms with Crippen LogP contribution in [0, 0.1) is 0 Å². The summed E-state index contributed by atoms with van der Waals surface area (Å²) in [5.41, 5.74) is 3.65. The number of hydrogen-bond acceptors (Lipinski definition) is 1. The van der Waals surface area contributed by atoms with Crippen LogP contribution in [0.3, 0.4) is 0 Å². The minimum absolute atomic E-state index is 1.19. The van der Waals surface area contributed by atoms with E-state index in [0.717, 1.165) is 0 Å². The first-order valence-electron chi connectivity index (χ1n) is 6.39. The van der Waals surface area contributed by atoms with Crippen LogP contribution in [-0.2, 0) is 0 Å². The molecule has 0 unspecified atom stereocenters. The van der Waals surface area contributed by atoms with Crippen molar-refractivity contribution in [1.29, 1.82) is 0 Å². The topological polar surface area (TPSA) is 3.24 Å². The van der Waals surface area contributed by atoms with Crippen LogP contribution in [0.25, 0.3) is 11.1 Å². The second-order valence-corrected chi connectivity index (χ2v) is 4.36. The van der Waals surface area contributed by atoms with Gasteiger partial charge in [-0.3, -0.25) is 0 Å². The van der Waals surface area contributed by atoms with E-state index in [4.69, 9.17) is 0 Å². The largest absolute Gasteiger partial charge is 0.323 e. The highest BCUT2D eigenvalue weighted by molar-refractivity contribution is 5.80. The summed E-state index contributed by atoms with van der Waals surface area (Å²) < 4.78 is 0. The maximum atomic E-state index is 2.16. The summed E-state index contributed by atoms with van der Waals surface area (Å²) in [6, 6.07) is 18.9. The Hall–Kier alpha value is -2.54. The van der Waals surface area contributed by atoms with Gasteiger partial charge in [-0.1, -0.05) is 60.7 Å². The molecule has 1 heterocycles. The van der Waals surface area contributed by atoms with Crippen LogP contribution in [-0.4, -0.2) is 0 Å². The molecule has 0 atom stereocenters. The lowest BCUT2D eigenvalue weighted by Gasteiger charge is -2.19. The van der Waals surface area contributed by atoms with Crippen LogP contribution >= 0.6 is 0 Å². The lowest BCUT2D eigenvalue weighted by Crippen LogP contribution is -2.07. The van der Waals surface area contributed by atoms with Gasteiger partial charge in [-0.25, -0.2) is 0 Å². The molecular weight excluding hydrogens is 230 g/mol. The third-order valence-corrected chi connectivity index (χ3v) is 3.09. The normalized spacial score (nSPS) is 13.6. The SMILES string of the molecule is C1=CC=CN(c2ccccc2-c2ccccc2)C=C1. The van der Waals surface area contributed by atoms with Crippen LogP contribution < -0.4 is 4.90 Å². The van der Waals surface area contributed by atoms with E-state index in [-0.39, 0.29) is 0 Å². The van der Waals surface area contributed by atoms with Gasteiger partial charge >= 0.3 is 0 Å². The molecule has 3 rings (SSSR count). The summed E-state index contributed by atoms with van der Waals surface area (Å²) >= 11 is 0. The molecule has 1 aliphatic heterocycles. The Morgan fingerprint density at radius 3 is 1.95 bits per heavy atom. The summed E-state index contributed by atoms with van der Waals surface area (Å²) in [6.45, 7) is 0. The van der Waals surface area contributed by atoms with Crippen molar-refractivity contribution < 1.29 is 0 Å². The molecule has 0 saturated heterocycles. The zero-order chi connectivity index (χ0) is 12.9. The average Bonchev–Trinajstić information content (AvgIpc) is 2.77. The van der Waals surface area contributed by atoms with Crippen molar-refractivity contribution in [2.45, 2.75) is 0 Å². The number of rotatable bonds is 2. The highest BCUT2D eigenvalue weighted by Crippen LogP contribution is 2.31. The maximum Gasteiger partial charge on any atom is 0.0527 e. The van der Waals surface area contributed by atoms with E-state index < -0.39 is 0 Å². The molecule has 2 aromatic carbocycles. The van der Waals surface area contributed by atoms with Gasteiger partial charge in [-0.05, 0) is 23.8 Å². The molecule has 92 valence electrons. The van der Waals surface area contributed by atoms with Crippen LogP contribution in [0.1, 0.15) is 0 Å². The lowest BCUT2D eigenvalue weighted by molar-refractivity contribution is 1.29. The first-order valence-corrected chi connectivity index (χ1v) is 6.39. The van der Waals surface area contributed by atoms with Crippen molar-refractivity contribution in [1.82, 2.24) is 0 Å². The Morgan fingerprint density at radius 1 is 0.579 bits per heavy atom. The first kappa shape index (κ1) is 11.5. The van der Waals surface area contributed by atoms with E-state index in [1.54, 1.807) is 0 Å². The molecule has 2 aromatic rings. The van der Waals surface area contributed by atoms with Crippen molar-refractivity contribution >= 4 is 5.69 Å². The number of hydrogen-bond donors (Lipinski definition) is 0. The van der Waals surface area contributed by atoms with Gasteiger partial charge < -0.3 is 4.90 Å². The van der Waals surface area contributed by atoms with Gasteiger partial charge in [0.2, 0.25) is 0 Å². The smallest absolute Gasteiger partial charge is 0.0527 e. The van der Waals surface area contributed by atoms with Crippen LogP contribution in [0.2, 0.25) is 0 Å². The van der Waals surface area contributed by atoms with E-state index in [1.807, 2.05) is 30.4 Å². The second kappa shape index (κ2) is 5.40. The van der Waals surface area contributed by atoms with E-state index in [2.05, 4.69) is 65.8 Å². The fraction of sp³-hybridized carbons (Fsp3) is 0. The molecule has 0 N–H and O–H groups in total. The van der Waals surface area contributed by atoms with E-state index >= 15 is 0 Å². The molecule has 0 spiro atoms. The molecule has 0 aliphatic carbocycles. The van der Waals surface area contributed by atoms with Gasteiger partial charge in [0.1, 0.15) is 0 Å². The van der Waals surface area contributed by atoms with Crippen molar-refractivity contribution in [2.75, 3.05) is 4.90 Å². The molecular formula is C18H15N. The molecule has 0 bridgehead atoms. The van der Waals surface area contributed by atoms with Crippen LogP contribution in [0.4, 0.5) is 5.69 Å². The zero-order valence-corrected chi connectivity index (χ0v) is 10.6. The second-order valence-electron chi connectivity index (χ2n) is 4.36. The fourth-order valence-corrected chi connectivity index (χ4v) is 2.18. The standard InChI is InChI=1S/C18H15N/c1-2-9-15-19(14-8-1)18-13-7-6-12-17(18)16-10-4-3-5-11-16/h1-15H. The average molecular weight is 245 g/mol. The van der Waals surface area contributed by atoms with E-state index in [0.29, 0.717) is 0 Å². The number of para-hydroxylation sites is 1. The number of benzene rings is 2. The van der Waals surface area contributed by atoms with Crippen LogP contribution in [0.15, 0.2) is 91.3 Å². The number of anilines is 1. The molecule has 0 amide bonds. The summed E-state index contributed by atoms with van der Waals surface area (Å²) in [4.78, 5) is 2.14. The highest BCUT2D eigenvalue weighted by atomic mass is 15.1. The Morgan fingerprint density at radius 2 is 1.21 bits per heavy atom. The predicted octanol–water partition coefficient (Wildman–Crippen LogP) is 4.76. The van der Waals surface area contributed by atoms with Gasteiger partial charge in [0.15, 0.2) is 0 Å². The molecule has 0 fully saturated rings. The summed E-state index contributed by atoms with van der Waals surface area (Å²) in [5.74, 6) is 0. The van der Waals surface area contributed by atoms with Gasteiger partial charge in [0, 0.05) is 18.0 Å². The minimum atomic E-state index is 1.19. The molecule has 19 heavy (non-hydrogen) atoms. The zero-order valence-electron chi connectivity index (χ0n) is 10.6. The van der Waals surface area contributed by atoms with E-state index in [9.17, 15) is 0 Å². The minimum Gasteiger partial charge on any atom is -0.323 e.